The van der Waals surface area contributed by atoms with Crippen LogP contribution in [0.2, 0.25) is 0 Å². The molecular weight excluding hydrogens is 468 g/mol. The molecule has 0 aromatic heterocycles. The summed E-state index contributed by atoms with van der Waals surface area (Å²) in [6, 6.07) is 23.0. The zero-order valence-electron chi connectivity index (χ0n) is 19.5. The number of benzene rings is 3. The smallest absolute Gasteiger partial charge is 0.241 e. The van der Waals surface area contributed by atoms with E-state index in [-0.39, 0.29) is 16.8 Å². The maximum atomic E-state index is 13.1. The number of hydrogen-bond donors (Lipinski definition) is 2. The summed E-state index contributed by atoms with van der Waals surface area (Å²) in [5, 5.41) is 2.96. The van der Waals surface area contributed by atoms with Crippen molar-refractivity contribution in [2.24, 2.45) is 0 Å². The average molecular weight is 499 g/mol. The van der Waals surface area contributed by atoms with Gasteiger partial charge in [-0.3, -0.25) is 4.79 Å². The van der Waals surface area contributed by atoms with E-state index in [0.717, 1.165) is 16.7 Å². The Balaban J connectivity index is 1.70. The summed E-state index contributed by atoms with van der Waals surface area (Å²) in [5.74, 6) is 0.845. The molecule has 0 spiro atoms. The maximum absolute atomic E-state index is 13.1. The van der Waals surface area contributed by atoms with Gasteiger partial charge < -0.3 is 10.1 Å². The Morgan fingerprint density at radius 2 is 1.56 bits per heavy atom. The molecule has 0 radical (unpaired) electrons. The molecule has 3 rings (SSSR count). The van der Waals surface area contributed by atoms with E-state index >= 15 is 0 Å². The molecule has 180 valence electrons. The highest BCUT2D eigenvalue weighted by atomic mass is 32.2. The summed E-state index contributed by atoms with van der Waals surface area (Å²) in [6.07, 6.45) is 2.30. The molecule has 3 aromatic carbocycles. The first-order valence-corrected chi connectivity index (χ1v) is 13.8. The van der Waals surface area contributed by atoms with Crippen LogP contribution in [-0.2, 0) is 14.8 Å². The molecule has 2 atom stereocenters. The van der Waals surface area contributed by atoms with Crippen molar-refractivity contribution in [1.82, 2.24) is 10.0 Å². The van der Waals surface area contributed by atoms with Crippen LogP contribution in [0.25, 0.3) is 11.1 Å². The number of ether oxygens (including phenoxy) is 1. The van der Waals surface area contributed by atoms with Crippen molar-refractivity contribution in [3.8, 4) is 16.9 Å². The molecule has 0 aliphatic rings. The first-order valence-electron chi connectivity index (χ1n) is 10.9. The zero-order valence-corrected chi connectivity index (χ0v) is 21.2. The molecule has 0 heterocycles. The summed E-state index contributed by atoms with van der Waals surface area (Å²) >= 11 is 1.56. The number of sulfonamides is 1. The van der Waals surface area contributed by atoms with Crippen LogP contribution >= 0.6 is 11.8 Å². The molecule has 0 aliphatic carbocycles. The van der Waals surface area contributed by atoms with Crippen LogP contribution in [0.4, 0.5) is 0 Å². The van der Waals surface area contributed by atoms with Crippen LogP contribution in [0.1, 0.15) is 24.9 Å². The number of nitrogens with one attached hydrogen (secondary N) is 2. The van der Waals surface area contributed by atoms with Crippen molar-refractivity contribution in [1.29, 1.82) is 0 Å². The third-order valence-electron chi connectivity index (χ3n) is 5.47. The Morgan fingerprint density at radius 1 is 0.941 bits per heavy atom. The van der Waals surface area contributed by atoms with Crippen molar-refractivity contribution in [3.63, 3.8) is 0 Å². The Hall–Kier alpha value is -2.81. The first kappa shape index (κ1) is 25.8. The minimum atomic E-state index is -3.87. The molecule has 0 aliphatic heterocycles. The van der Waals surface area contributed by atoms with E-state index in [0.29, 0.717) is 17.9 Å². The standard InChI is InChI=1S/C26H30N2O4S2/c1-19(20-9-11-22(12-10-20)21-7-5-4-6-8-21)27-26(29)25(17-18-33-3)28-34(30,31)24-15-13-23(32-2)14-16-24/h4-16,19,25,28H,17-18H2,1-3H3,(H,27,29)/t19-,25+/m1/s1. The maximum Gasteiger partial charge on any atom is 0.241 e. The van der Waals surface area contributed by atoms with Crippen LogP contribution in [0.15, 0.2) is 83.8 Å². The highest BCUT2D eigenvalue weighted by molar-refractivity contribution is 7.98. The van der Waals surface area contributed by atoms with Crippen LogP contribution in [0.3, 0.4) is 0 Å². The number of thioether (sulfide) groups is 1. The molecule has 6 nitrogen and oxygen atoms in total. The van der Waals surface area contributed by atoms with Gasteiger partial charge in [-0.2, -0.15) is 16.5 Å². The van der Waals surface area contributed by atoms with Gasteiger partial charge in [0.2, 0.25) is 15.9 Å². The Bertz CT molecular complexity index is 1170. The molecule has 0 unspecified atom stereocenters. The summed E-state index contributed by atoms with van der Waals surface area (Å²) in [7, 11) is -2.36. The van der Waals surface area contributed by atoms with Gasteiger partial charge >= 0.3 is 0 Å². The van der Waals surface area contributed by atoms with Crippen LogP contribution < -0.4 is 14.8 Å². The van der Waals surface area contributed by atoms with Crippen molar-refractivity contribution >= 4 is 27.7 Å². The normalized spacial score (nSPS) is 13.1. The van der Waals surface area contributed by atoms with Gasteiger partial charge in [0.15, 0.2) is 0 Å². The lowest BCUT2D eigenvalue weighted by atomic mass is 10.0. The third kappa shape index (κ3) is 6.85. The van der Waals surface area contributed by atoms with E-state index in [1.165, 1.54) is 19.2 Å². The van der Waals surface area contributed by atoms with Crippen molar-refractivity contribution < 1.29 is 17.9 Å². The molecule has 3 aromatic rings. The molecule has 0 fully saturated rings. The van der Waals surface area contributed by atoms with Gasteiger partial charge in [0.05, 0.1) is 18.0 Å². The second-order valence-corrected chi connectivity index (χ2v) is 10.5. The zero-order chi connectivity index (χ0) is 24.6. The molecular formula is C26H30N2O4S2. The molecule has 34 heavy (non-hydrogen) atoms. The quantitative estimate of drug-likeness (QED) is 0.402. The fourth-order valence-corrected chi connectivity index (χ4v) is 5.18. The molecule has 0 bridgehead atoms. The lowest BCUT2D eigenvalue weighted by Gasteiger charge is -2.22. The van der Waals surface area contributed by atoms with Crippen LogP contribution in [0.5, 0.6) is 5.75 Å². The third-order valence-corrected chi connectivity index (χ3v) is 7.60. The summed E-state index contributed by atoms with van der Waals surface area (Å²) in [5.41, 5.74) is 3.15. The van der Waals surface area contributed by atoms with E-state index in [2.05, 4.69) is 10.0 Å². The van der Waals surface area contributed by atoms with Crippen molar-refractivity contribution in [3.05, 3.63) is 84.4 Å². The average Bonchev–Trinajstić information content (AvgIpc) is 2.87. The van der Waals surface area contributed by atoms with E-state index in [1.807, 2.05) is 67.8 Å². The number of carbonyl (C=O) groups excluding carboxylic acids is 1. The van der Waals surface area contributed by atoms with Crippen LogP contribution in [0, 0.1) is 0 Å². The van der Waals surface area contributed by atoms with Gasteiger partial charge in [0, 0.05) is 0 Å². The topological polar surface area (TPSA) is 84.5 Å². The van der Waals surface area contributed by atoms with Gasteiger partial charge in [0.1, 0.15) is 11.8 Å². The van der Waals surface area contributed by atoms with Gasteiger partial charge in [-0.15, -0.1) is 0 Å². The second-order valence-electron chi connectivity index (χ2n) is 7.85. The van der Waals surface area contributed by atoms with Crippen LogP contribution in [-0.4, -0.2) is 39.5 Å². The predicted molar refractivity (Wildman–Crippen MR) is 139 cm³/mol. The lowest BCUT2D eigenvalue weighted by Crippen LogP contribution is -2.47. The Kier molecular flexibility index (Phi) is 9.15. The Morgan fingerprint density at radius 3 is 2.15 bits per heavy atom. The fraction of sp³-hybridized carbons (Fsp3) is 0.269. The number of rotatable bonds is 11. The monoisotopic (exact) mass is 498 g/mol. The Labute approximate surface area is 206 Å². The first-order chi connectivity index (χ1) is 16.3. The SMILES string of the molecule is COc1ccc(S(=O)(=O)N[C@@H](CCSC)C(=O)N[C@H](C)c2ccc(-c3ccccc3)cc2)cc1. The predicted octanol–water partition coefficient (Wildman–Crippen LogP) is 4.64. The number of carbonyl (C=O) groups is 1. The highest BCUT2D eigenvalue weighted by Gasteiger charge is 2.26. The largest absolute Gasteiger partial charge is 0.497 e. The van der Waals surface area contributed by atoms with Gasteiger partial charge in [0.25, 0.3) is 0 Å². The second kappa shape index (κ2) is 12.1. The van der Waals surface area contributed by atoms with Crippen molar-refractivity contribution in [2.75, 3.05) is 19.1 Å². The molecule has 8 heteroatoms. The van der Waals surface area contributed by atoms with E-state index in [9.17, 15) is 13.2 Å². The number of hydrogen-bond acceptors (Lipinski definition) is 5. The summed E-state index contributed by atoms with van der Waals surface area (Å²) in [6.45, 7) is 1.89. The van der Waals surface area contributed by atoms with Crippen molar-refractivity contribution in [2.45, 2.75) is 30.3 Å². The minimum Gasteiger partial charge on any atom is -0.497 e. The van der Waals surface area contributed by atoms with E-state index in [4.69, 9.17) is 4.74 Å². The number of methoxy groups -OCH3 is 1. The molecule has 0 saturated carbocycles. The molecule has 0 saturated heterocycles. The summed E-state index contributed by atoms with van der Waals surface area (Å²) < 4.78 is 33.5. The van der Waals surface area contributed by atoms with E-state index in [1.54, 1.807) is 23.9 Å². The highest BCUT2D eigenvalue weighted by Crippen LogP contribution is 2.22. The van der Waals surface area contributed by atoms with Gasteiger partial charge in [-0.05, 0) is 66.3 Å². The van der Waals surface area contributed by atoms with E-state index < -0.39 is 16.1 Å². The molecule has 2 N–H and O–H groups in total. The number of amides is 1. The molecule has 1 amide bonds. The van der Waals surface area contributed by atoms with Gasteiger partial charge in [-0.1, -0.05) is 54.6 Å². The summed E-state index contributed by atoms with van der Waals surface area (Å²) in [4.78, 5) is 13.1. The lowest BCUT2D eigenvalue weighted by molar-refractivity contribution is -0.123. The minimum absolute atomic E-state index is 0.0831. The van der Waals surface area contributed by atoms with Gasteiger partial charge in [-0.25, -0.2) is 8.42 Å². The fourth-order valence-electron chi connectivity index (χ4n) is 3.48.